The van der Waals surface area contributed by atoms with Gasteiger partial charge in [-0.25, -0.2) is 18.4 Å². The summed E-state index contributed by atoms with van der Waals surface area (Å²) in [5.41, 5.74) is 1.91. The van der Waals surface area contributed by atoms with Gasteiger partial charge in [0.15, 0.2) is 0 Å². The van der Waals surface area contributed by atoms with Crippen LogP contribution in [0.5, 0.6) is 0 Å². The average Bonchev–Trinajstić information content (AvgIpc) is 3.39. The van der Waals surface area contributed by atoms with Crippen molar-refractivity contribution in [1.29, 1.82) is 0 Å². The van der Waals surface area contributed by atoms with Gasteiger partial charge in [-0.2, -0.15) is 5.10 Å². The van der Waals surface area contributed by atoms with E-state index in [4.69, 9.17) is 4.74 Å². The molecule has 0 spiro atoms. The number of aromatic nitrogens is 4. The zero-order valence-corrected chi connectivity index (χ0v) is 18.6. The van der Waals surface area contributed by atoms with Crippen molar-refractivity contribution in [3.8, 4) is 16.9 Å². The van der Waals surface area contributed by atoms with Crippen molar-refractivity contribution in [3.63, 3.8) is 0 Å². The van der Waals surface area contributed by atoms with Crippen molar-refractivity contribution < 1.29 is 18.4 Å². The number of fused-ring (bicyclic) bond motifs is 1. The van der Waals surface area contributed by atoms with Gasteiger partial charge in [0.05, 0.1) is 40.3 Å². The minimum absolute atomic E-state index is 0.0326. The van der Waals surface area contributed by atoms with Crippen LogP contribution in [0.4, 0.5) is 14.5 Å². The van der Waals surface area contributed by atoms with Crippen molar-refractivity contribution in [2.45, 2.75) is 19.4 Å². The van der Waals surface area contributed by atoms with Crippen LogP contribution in [0.1, 0.15) is 11.3 Å². The first-order chi connectivity index (χ1) is 16.3. The van der Waals surface area contributed by atoms with E-state index >= 15 is 8.78 Å². The number of nitro groups is 1. The Morgan fingerprint density at radius 3 is 2.71 bits per heavy atom. The molecule has 11 heteroatoms. The molecule has 34 heavy (non-hydrogen) atoms. The molecule has 4 aromatic rings. The van der Waals surface area contributed by atoms with E-state index in [1.165, 1.54) is 0 Å². The topological polar surface area (TPSA) is 90.7 Å². The monoisotopic (exact) mass is 468 g/mol. The summed E-state index contributed by atoms with van der Waals surface area (Å²) < 4.78 is 39.6. The summed E-state index contributed by atoms with van der Waals surface area (Å²) >= 11 is 0. The largest absolute Gasteiger partial charge is 0.375 e. The number of imidazole rings is 1. The first kappa shape index (κ1) is 22.1. The van der Waals surface area contributed by atoms with E-state index in [9.17, 15) is 10.1 Å². The maximum Gasteiger partial charge on any atom is 0.307 e. The van der Waals surface area contributed by atoms with Gasteiger partial charge in [0.25, 0.3) is 0 Å². The highest BCUT2D eigenvalue weighted by Crippen LogP contribution is 2.33. The number of rotatable bonds is 5. The van der Waals surface area contributed by atoms with Gasteiger partial charge in [0.2, 0.25) is 0 Å². The second kappa shape index (κ2) is 8.58. The SMILES string of the molecule is Cc1ccn2c(CC3CN(C)CCO3)c(-c3c(F)cc(-n4cc([N+](=O)[O-])cn4)cc3F)nc2c1. The molecule has 3 aromatic heterocycles. The quantitative estimate of drug-likeness (QED) is 0.329. The number of likely N-dealkylation sites (N-methyl/N-ethyl adjacent to an activating group) is 1. The molecule has 4 heterocycles. The fraction of sp³-hybridized carbons (Fsp3) is 0.304. The molecule has 9 nitrogen and oxygen atoms in total. The number of pyridine rings is 1. The van der Waals surface area contributed by atoms with Crippen molar-refractivity contribution in [3.05, 3.63) is 75.9 Å². The van der Waals surface area contributed by atoms with Crippen LogP contribution in [0.15, 0.2) is 42.9 Å². The number of nitrogens with zero attached hydrogens (tertiary/aromatic N) is 6. The molecule has 1 aliphatic rings. The molecule has 1 aliphatic heterocycles. The summed E-state index contributed by atoms with van der Waals surface area (Å²) in [5, 5.41) is 14.8. The van der Waals surface area contributed by atoms with E-state index in [1.807, 2.05) is 36.7 Å². The first-order valence-electron chi connectivity index (χ1n) is 10.8. The zero-order chi connectivity index (χ0) is 24.0. The minimum atomic E-state index is -0.837. The summed E-state index contributed by atoms with van der Waals surface area (Å²) in [4.78, 5) is 17.0. The molecule has 1 saturated heterocycles. The summed E-state index contributed by atoms with van der Waals surface area (Å²) in [6, 6.07) is 5.96. The highest BCUT2D eigenvalue weighted by Gasteiger charge is 2.26. The van der Waals surface area contributed by atoms with Crippen molar-refractivity contribution >= 4 is 11.3 Å². The first-order valence-corrected chi connectivity index (χ1v) is 10.8. The zero-order valence-electron chi connectivity index (χ0n) is 18.6. The lowest BCUT2D eigenvalue weighted by atomic mass is 10.0. The van der Waals surface area contributed by atoms with Crippen LogP contribution in [-0.4, -0.2) is 61.8 Å². The molecule has 0 saturated carbocycles. The number of ether oxygens (including phenoxy) is 1. The van der Waals surface area contributed by atoms with Crippen LogP contribution >= 0.6 is 0 Å². The summed E-state index contributed by atoms with van der Waals surface area (Å²) in [7, 11) is 2.01. The maximum absolute atomic E-state index is 15.4. The Hall–Kier alpha value is -3.70. The molecule has 176 valence electrons. The molecular weight excluding hydrogens is 446 g/mol. The Balaban J connectivity index is 1.61. The van der Waals surface area contributed by atoms with Crippen LogP contribution in [0.2, 0.25) is 0 Å². The fourth-order valence-corrected chi connectivity index (χ4v) is 4.27. The molecule has 0 N–H and O–H groups in total. The van der Waals surface area contributed by atoms with E-state index in [1.54, 1.807) is 0 Å². The molecule has 1 unspecified atom stereocenters. The highest BCUT2D eigenvalue weighted by atomic mass is 19.1. The van der Waals surface area contributed by atoms with Gasteiger partial charge >= 0.3 is 5.69 Å². The molecule has 1 aromatic carbocycles. The molecular formula is C23H22F2N6O3. The number of benzene rings is 1. The van der Waals surface area contributed by atoms with Crippen LogP contribution in [0.3, 0.4) is 0 Å². The highest BCUT2D eigenvalue weighted by molar-refractivity contribution is 5.69. The molecule has 0 aliphatic carbocycles. The second-order valence-electron chi connectivity index (χ2n) is 8.48. The van der Waals surface area contributed by atoms with E-state index in [0.29, 0.717) is 30.9 Å². The van der Waals surface area contributed by atoms with Gasteiger partial charge in [-0.05, 0) is 31.7 Å². The van der Waals surface area contributed by atoms with Crippen molar-refractivity contribution in [2.24, 2.45) is 0 Å². The third-order valence-corrected chi connectivity index (χ3v) is 5.95. The Bertz CT molecular complexity index is 1380. The fourth-order valence-electron chi connectivity index (χ4n) is 4.27. The summed E-state index contributed by atoms with van der Waals surface area (Å²) in [6.07, 6.45) is 4.25. The van der Waals surface area contributed by atoms with Crippen LogP contribution in [0.25, 0.3) is 22.6 Å². The van der Waals surface area contributed by atoms with E-state index in [-0.39, 0.29) is 28.7 Å². The molecule has 1 atom stereocenters. The van der Waals surface area contributed by atoms with Gasteiger partial charge in [-0.15, -0.1) is 0 Å². The van der Waals surface area contributed by atoms with Gasteiger partial charge in [-0.1, -0.05) is 0 Å². The average molecular weight is 468 g/mol. The third kappa shape index (κ3) is 4.03. The van der Waals surface area contributed by atoms with Crippen molar-refractivity contribution in [2.75, 3.05) is 26.7 Å². The Morgan fingerprint density at radius 1 is 1.26 bits per heavy atom. The van der Waals surface area contributed by atoms with Gasteiger partial charge in [0, 0.05) is 37.8 Å². The predicted octanol–water partition coefficient (Wildman–Crippen LogP) is 3.55. The Labute approximate surface area is 193 Å². The lowest BCUT2D eigenvalue weighted by Crippen LogP contribution is -2.41. The van der Waals surface area contributed by atoms with Gasteiger partial charge in [-0.3, -0.25) is 10.1 Å². The van der Waals surface area contributed by atoms with E-state index in [2.05, 4.69) is 15.0 Å². The van der Waals surface area contributed by atoms with Gasteiger partial charge in [0.1, 0.15) is 29.7 Å². The van der Waals surface area contributed by atoms with Crippen LogP contribution in [-0.2, 0) is 11.2 Å². The second-order valence-corrected chi connectivity index (χ2v) is 8.48. The maximum atomic E-state index is 15.4. The lowest BCUT2D eigenvalue weighted by Gasteiger charge is -2.30. The van der Waals surface area contributed by atoms with E-state index < -0.39 is 16.6 Å². The number of aryl methyl sites for hydroxylation is 1. The molecule has 0 bridgehead atoms. The predicted molar refractivity (Wildman–Crippen MR) is 120 cm³/mol. The number of halogens is 2. The third-order valence-electron chi connectivity index (χ3n) is 5.95. The molecule has 0 amide bonds. The molecule has 1 fully saturated rings. The lowest BCUT2D eigenvalue weighted by molar-refractivity contribution is -0.384. The molecule has 5 rings (SSSR count). The van der Waals surface area contributed by atoms with Crippen molar-refractivity contribution in [1.82, 2.24) is 24.1 Å². The smallest absolute Gasteiger partial charge is 0.307 e. The Morgan fingerprint density at radius 2 is 2.03 bits per heavy atom. The standard InChI is InChI=1S/C23H22F2N6O3/c1-14-3-4-29-20(10-17-13-28(2)5-6-34-17)23(27-21(29)7-14)22-18(24)8-15(9-19(22)25)30-12-16(11-26-30)31(32)33/h3-4,7-9,11-12,17H,5-6,10,13H2,1-2H3. The minimum Gasteiger partial charge on any atom is -0.375 e. The molecule has 0 radical (unpaired) electrons. The van der Waals surface area contributed by atoms with Crippen LogP contribution < -0.4 is 0 Å². The van der Waals surface area contributed by atoms with E-state index in [0.717, 1.165) is 41.3 Å². The summed E-state index contributed by atoms with van der Waals surface area (Å²) in [5.74, 6) is -1.67. The summed E-state index contributed by atoms with van der Waals surface area (Å²) in [6.45, 7) is 4.03. The number of hydrogen-bond donors (Lipinski definition) is 0. The number of hydrogen-bond acceptors (Lipinski definition) is 6. The van der Waals surface area contributed by atoms with Gasteiger partial charge < -0.3 is 14.0 Å². The van der Waals surface area contributed by atoms with Crippen LogP contribution in [0, 0.1) is 28.7 Å². The number of morpholine rings is 1. The normalized spacial score (nSPS) is 16.9. The Kier molecular flexibility index (Phi) is 5.58.